The molecule has 1 amide bonds. The topological polar surface area (TPSA) is 89.6 Å². The van der Waals surface area contributed by atoms with Gasteiger partial charge in [0.2, 0.25) is 5.91 Å². The summed E-state index contributed by atoms with van der Waals surface area (Å²) in [5.41, 5.74) is 6.55. The Hall–Kier alpha value is -2.51. The third-order valence-electron chi connectivity index (χ3n) is 2.19. The number of rotatable bonds is 1. The Morgan fingerprint density at radius 2 is 1.80 bits per heavy atom. The molecule has 1 aliphatic rings. The summed E-state index contributed by atoms with van der Waals surface area (Å²) in [5, 5.41) is 7.12. The first-order valence-corrected chi connectivity index (χ1v) is 5.24. The van der Waals surface area contributed by atoms with Crippen molar-refractivity contribution in [2.45, 2.75) is 6.18 Å². The summed E-state index contributed by atoms with van der Waals surface area (Å²) in [6, 6.07) is 7.53. The van der Waals surface area contributed by atoms with E-state index in [4.69, 9.17) is 20.4 Å². The number of ether oxygens (including phenoxy) is 1. The Kier molecular flexibility index (Phi) is 4.73. The lowest BCUT2D eigenvalue weighted by molar-refractivity contribution is -0.192. The number of carboxylic acid groups (broad SMARTS) is 1. The number of primary amides is 1. The highest BCUT2D eigenvalue weighted by Gasteiger charge is 2.38. The van der Waals surface area contributed by atoms with Crippen LogP contribution in [0.25, 0.3) is 6.08 Å². The largest absolute Gasteiger partial charge is 0.490 e. The number of carbonyl (C=O) groups excluding carboxylic acids is 1. The van der Waals surface area contributed by atoms with Crippen LogP contribution in [-0.2, 0) is 9.59 Å². The van der Waals surface area contributed by atoms with E-state index in [0.29, 0.717) is 5.57 Å². The smallest absolute Gasteiger partial charge is 0.488 e. The molecule has 20 heavy (non-hydrogen) atoms. The van der Waals surface area contributed by atoms with Crippen LogP contribution in [0.3, 0.4) is 0 Å². The molecule has 1 aliphatic heterocycles. The molecular formula is C12H10F3NO4. The van der Waals surface area contributed by atoms with Gasteiger partial charge in [-0.15, -0.1) is 0 Å². The first-order chi connectivity index (χ1) is 9.21. The molecule has 5 nitrogen and oxygen atoms in total. The molecule has 3 N–H and O–H groups in total. The molecule has 0 saturated carbocycles. The fourth-order valence-electron chi connectivity index (χ4n) is 1.26. The van der Waals surface area contributed by atoms with E-state index in [9.17, 15) is 18.0 Å². The second kappa shape index (κ2) is 6.09. The lowest BCUT2D eigenvalue weighted by atomic mass is 10.1. The maximum Gasteiger partial charge on any atom is 0.490 e. The zero-order valence-electron chi connectivity index (χ0n) is 9.98. The summed E-state index contributed by atoms with van der Waals surface area (Å²) in [7, 11) is 0. The second-order valence-corrected chi connectivity index (χ2v) is 3.66. The zero-order valence-corrected chi connectivity index (χ0v) is 9.98. The van der Waals surface area contributed by atoms with Crippen molar-refractivity contribution < 1.29 is 32.6 Å². The quantitative estimate of drug-likeness (QED) is 0.821. The number of hydrogen-bond donors (Lipinski definition) is 2. The first kappa shape index (κ1) is 15.5. The van der Waals surface area contributed by atoms with E-state index in [1.54, 1.807) is 6.08 Å². The van der Waals surface area contributed by atoms with E-state index in [2.05, 4.69) is 0 Å². The number of amides is 1. The number of nitrogens with two attached hydrogens (primary N) is 1. The molecule has 0 radical (unpaired) electrons. The molecule has 108 valence electrons. The Morgan fingerprint density at radius 3 is 2.30 bits per heavy atom. The third-order valence-corrected chi connectivity index (χ3v) is 2.19. The van der Waals surface area contributed by atoms with E-state index in [0.717, 1.165) is 11.3 Å². The molecule has 0 saturated heterocycles. The van der Waals surface area contributed by atoms with Crippen molar-refractivity contribution >= 4 is 18.0 Å². The predicted molar refractivity (Wildman–Crippen MR) is 62.8 cm³/mol. The van der Waals surface area contributed by atoms with Gasteiger partial charge in [0.15, 0.2) is 0 Å². The van der Waals surface area contributed by atoms with Crippen molar-refractivity contribution in [3.05, 3.63) is 35.4 Å². The van der Waals surface area contributed by atoms with E-state index in [1.165, 1.54) is 0 Å². The second-order valence-electron chi connectivity index (χ2n) is 3.66. The number of carbonyl (C=O) groups is 2. The molecule has 0 aliphatic carbocycles. The molecular weight excluding hydrogens is 279 g/mol. The van der Waals surface area contributed by atoms with Gasteiger partial charge in [-0.3, -0.25) is 4.79 Å². The Bertz CT molecular complexity index is 552. The van der Waals surface area contributed by atoms with Crippen molar-refractivity contribution in [2.24, 2.45) is 5.73 Å². The number of alkyl halides is 3. The number of para-hydroxylation sites is 1. The monoisotopic (exact) mass is 289 g/mol. The van der Waals surface area contributed by atoms with Gasteiger partial charge in [0.25, 0.3) is 0 Å². The molecule has 0 atom stereocenters. The van der Waals surface area contributed by atoms with Crippen LogP contribution in [0, 0.1) is 0 Å². The minimum absolute atomic E-state index is 0.270. The minimum Gasteiger partial charge on any atom is -0.488 e. The third kappa shape index (κ3) is 4.30. The zero-order chi connectivity index (χ0) is 15.3. The van der Waals surface area contributed by atoms with Gasteiger partial charge in [0.05, 0.1) is 5.57 Å². The van der Waals surface area contributed by atoms with Gasteiger partial charge in [-0.2, -0.15) is 13.2 Å². The molecule has 0 bridgehead atoms. The molecule has 0 unspecified atom stereocenters. The van der Waals surface area contributed by atoms with Crippen LogP contribution in [0.1, 0.15) is 5.56 Å². The fourth-order valence-corrected chi connectivity index (χ4v) is 1.26. The summed E-state index contributed by atoms with van der Waals surface area (Å²) >= 11 is 0. The molecule has 0 spiro atoms. The molecule has 0 aromatic heterocycles. The summed E-state index contributed by atoms with van der Waals surface area (Å²) in [4.78, 5) is 19.7. The van der Waals surface area contributed by atoms with Gasteiger partial charge in [0, 0.05) is 5.56 Å². The van der Waals surface area contributed by atoms with Crippen LogP contribution in [0.5, 0.6) is 5.75 Å². The highest BCUT2D eigenvalue weighted by atomic mass is 19.4. The number of aliphatic carboxylic acids is 1. The van der Waals surface area contributed by atoms with Crippen LogP contribution >= 0.6 is 0 Å². The highest BCUT2D eigenvalue weighted by molar-refractivity contribution is 5.97. The number of carboxylic acids is 1. The minimum atomic E-state index is -5.08. The molecule has 1 heterocycles. The van der Waals surface area contributed by atoms with Crippen molar-refractivity contribution in [1.82, 2.24) is 0 Å². The molecule has 1 aromatic rings. The Balaban J connectivity index is 0.000000246. The lowest BCUT2D eigenvalue weighted by Crippen LogP contribution is -2.21. The average Bonchev–Trinajstić information content (AvgIpc) is 2.37. The summed E-state index contributed by atoms with van der Waals surface area (Å²) in [6.45, 7) is 0.270. The van der Waals surface area contributed by atoms with Crippen molar-refractivity contribution in [1.29, 1.82) is 0 Å². The first-order valence-electron chi connectivity index (χ1n) is 5.24. The molecule has 0 fully saturated rings. The number of benzene rings is 1. The van der Waals surface area contributed by atoms with Crippen LogP contribution in [0.4, 0.5) is 13.2 Å². The van der Waals surface area contributed by atoms with Gasteiger partial charge < -0.3 is 15.6 Å². The number of hydrogen-bond acceptors (Lipinski definition) is 3. The van der Waals surface area contributed by atoms with E-state index < -0.39 is 18.1 Å². The maximum absolute atomic E-state index is 10.8. The summed E-state index contributed by atoms with van der Waals surface area (Å²) < 4.78 is 37.1. The van der Waals surface area contributed by atoms with Gasteiger partial charge in [0.1, 0.15) is 12.4 Å². The van der Waals surface area contributed by atoms with Crippen LogP contribution in [-0.4, -0.2) is 29.8 Å². The van der Waals surface area contributed by atoms with Gasteiger partial charge >= 0.3 is 12.1 Å². The molecule has 2 rings (SSSR count). The average molecular weight is 289 g/mol. The van der Waals surface area contributed by atoms with Gasteiger partial charge in [-0.1, -0.05) is 18.2 Å². The lowest BCUT2D eigenvalue weighted by Gasteiger charge is -2.15. The van der Waals surface area contributed by atoms with Gasteiger partial charge in [-0.05, 0) is 12.1 Å². The van der Waals surface area contributed by atoms with Crippen molar-refractivity contribution in [2.75, 3.05) is 6.61 Å². The molecule has 8 heteroatoms. The fraction of sp³-hybridized carbons (Fsp3) is 0.167. The standard InChI is InChI=1S/C10H9NO2.C2HF3O2/c11-10(12)8-5-7-3-1-2-4-9(7)13-6-8;3-2(4,5)1(6)7/h1-5H,6H2,(H2,11,12);(H,6,7). The summed E-state index contributed by atoms with van der Waals surface area (Å²) in [5.74, 6) is -2.38. The van der Waals surface area contributed by atoms with E-state index in [1.807, 2.05) is 24.3 Å². The highest BCUT2D eigenvalue weighted by Crippen LogP contribution is 2.25. The normalized spacial score (nSPS) is 13.1. The van der Waals surface area contributed by atoms with Crippen molar-refractivity contribution in [3.8, 4) is 5.75 Å². The number of halogens is 3. The van der Waals surface area contributed by atoms with Crippen molar-refractivity contribution in [3.63, 3.8) is 0 Å². The van der Waals surface area contributed by atoms with Crippen LogP contribution < -0.4 is 10.5 Å². The summed E-state index contributed by atoms with van der Waals surface area (Å²) in [6.07, 6.45) is -3.32. The van der Waals surface area contributed by atoms with E-state index in [-0.39, 0.29) is 6.61 Å². The SMILES string of the molecule is NC(=O)C1=Cc2ccccc2OC1.O=C(O)C(F)(F)F. The maximum atomic E-state index is 10.8. The Labute approximate surface area is 111 Å². The van der Waals surface area contributed by atoms with Crippen LogP contribution in [0.15, 0.2) is 29.8 Å². The van der Waals surface area contributed by atoms with Crippen LogP contribution in [0.2, 0.25) is 0 Å². The van der Waals surface area contributed by atoms with Gasteiger partial charge in [-0.25, -0.2) is 4.79 Å². The Morgan fingerprint density at radius 1 is 1.25 bits per heavy atom. The number of fused-ring (bicyclic) bond motifs is 1. The predicted octanol–water partition coefficient (Wildman–Crippen LogP) is 1.58. The van der Waals surface area contributed by atoms with E-state index >= 15 is 0 Å². The molecule has 1 aromatic carbocycles.